The Bertz CT molecular complexity index is 966. The van der Waals surface area contributed by atoms with Gasteiger partial charge in [-0.3, -0.25) is 4.79 Å². The van der Waals surface area contributed by atoms with Gasteiger partial charge in [0.25, 0.3) is 0 Å². The summed E-state index contributed by atoms with van der Waals surface area (Å²) in [6, 6.07) is 9.69. The molecule has 1 saturated heterocycles. The average molecular weight is 378 g/mol. The smallest absolute Gasteiger partial charge is 0.342 e. The standard InChI is InChI=1S/C22H26N4O2/c1-24-22(28)26(18-5-3-2-4-6-18)20(23-24)16-9-11-25(12-10-16)21(27)19-14-15-7-8-17(19)13-15/h2-8,15-17,19H,9-14H2,1H3/t15-,17+,19+/m0/s1. The SMILES string of the molecule is Cn1nc(C2CCN(C(=O)[C@@H]3C[C@H]4C=C[C@@H]3C4)CC2)n(-c2ccccc2)c1=O. The van der Waals surface area contributed by atoms with E-state index in [2.05, 4.69) is 17.3 Å². The second-order valence-electron chi connectivity index (χ2n) is 8.42. The number of hydrogen-bond donors (Lipinski definition) is 0. The molecule has 1 amide bonds. The first-order valence-electron chi connectivity index (χ1n) is 10.3. The topological polar surface area (TPSA) is 60.1 Å². The van der Waals surface area contributed by atoms with Crippen molar-refractivity contribution in [2.75, 3.05) is 13.1 Å². The highest BCUT2D eigenvalue weighted by Gasteiger charge is 2.42. The van der Waals surface area contributed by atoms with Gasteiger partial charge in [0.15, 0.2) is 0 Å². The second kappa shape index (κ2) is 6.76. The number of hydrogen-bond acceptors (Lipinski definition) is 3. The number of piperidine rings is 1. The third-order valence-corrected chi connectivity index (χ3v) is 6.73. The first-order valence-corrected chi connectivity index (χ1v) is 10.3. The second-order valence-corrected chi connectivity index (χ2v) is 8.42. The van der Waals surface area contributed by atoms with E-state index in [0.29, 0.717) is 17.7 Å². The summed E-state index contributed by atoms with van der Waals surface area (Å²) in [6.07, 6.45) is 8.41. The highest BCUT2D eigenvalue weighted by molar-refractivity contribution is 5.80. The Kier molecular flexibility index (Phi) is 4.22. The van der Waals surface area contributed by atoms with Gasteiger partial charge in [-0.2, -0.15) is 5.10 Å². The van der Waals surface area contributed by atoms with E-state index in [1.54, 1.807) is 11.6 Å². The van der Waals surface area contributed by atoms with E-state index in [1.807, 2.05) is 35.2 Å². The number of carbonyl (C=O) groups excluding carboxylic acids is 1. The van der Waals surface area contributed by atoms with Gasteiger partial charge in [0, 0.05) is 32.0 Å². The summed E-state index contributed by atoms with van der Waals surface area (Å²) in [5.74, 6) is 2.59. The molecule has 0 unspecified atom stereocenters. The summed E-state index contributed by atoms with van der Waals surface area (Å²) < 4.78 is 3.14. The van der Waals surface area contributed by atoms with Gasteiger partial charge in [0.2, 0.25) is 5.91 Å². The van der Waals surface area contributed by atoms with Crippen LogP contribution in [0.5, 0.6) is 0 Å². The Labute approximate surface area is 164 Å². The third-order valence-electron chi connectivity index (χ3n) is 6.73. The molecule has 5 rings (SSSR count). The van der Waals surface area contributed by atoms with Crippen LogP contribution >= 0.6 is 0 Å². The molecule has 28 heavy (non-hydrogen) atoms. The minimum Gasteiger partial charge on any atom is -0.342 e. The Morgan fingerprint density at radius 1 is 1.07 bits per heavy atom. The van der Waals surface area contributed by atoms with Gasteiger partial charge in [0.05, 0.1) is 5.69 Å². The van der Waals surface area contributed by atoms with E-state index < -0.39 is 0 Å². The number of nitrogens with zero attached hydrogens (tertiary/aromatic N) is 4. The molecule has 146 valence electrons. The largest absolute Gasteiger partial charge is 0.350 e. The van der Waals surface area contributed by atoms with Crippen molar-refractivity contribution in [3.05, 3.63) is 58.8 Å². The predicted octanol–water partition coefficient (Wildman–Crippen LogP) is 2.49. The summed E-state index contributed by atoms with van der Waals surface area (Å²) in [6.45, 7) is 1.50. The maximum absolute atomic E-state index is 13.0. The number of amides is 1. The van der Waals surface area contributed by atoms with E-state index >= 15 is 0 Å². The molecular formula is C22H26N4O2. The number of aryl methyl sites for hydroxylation is 1. The molecule has 3 atom stereocenters. The zero-order chi connectivity index (χ0) is 19.3. The normalized spacial score (nSPS) is 26.9. The van der Waals surface area contributed by atoms with Crippen molar-refractivity contribution in [2.24, 2.45) is 24.8 Å². The summed E-state index contributed by atoms with van der Waals surface area (Å²) >= 11 is 0. The minimum absolute atomic E-state index is 0.117. The molecule has 2 fully saturated rings. The lowest BCUT2D eigenvalue weighted by Gasteiger charge is -2.34. The Morgan fingerprint density at radius 3 is 2.46 bits per heavy atom. The first-order chi connectivity index (χ1) is 13.6. The van der Waals surface area contributed by atoms with Gasteiger partial charge in [-0.05, 0) is 49.7 Å². The lowest BCUT2D eigenvalue weighted by Crippen LogP contribution is -2.42. The summed E-state index contributed by atoms with van der Waals surface area (Å²) in [4.78, 5) is 27.7. The monoisotopic (exact) mass is 378 g/mol. The molecule has 1 aromatic carbocycles. The van der Waals surface area contributed by atoms with Crippen molar-refractivity contribution in [3.8, 4) is 5.69 Å². The molecule has 1 saturated carbocycles. The van der Waals surface area contributed by atoms with Crippen molar-refractivity contribution in [1.82, 2.24) is 19.2 Å². The number of fused-ring (bicyclic) bond motifs is 2. The highest BCUT2D eigenvalue weighted by Crippen LogP contribution is 2.44. The lowest BCUT2D eigenvalue weighted by atomic mass is 9.90. The number of para-hydroxylation sites is 1. The fourth-order valence-corrected chi connectivity index (χ4v) is 5.23. The maximum Gasteiger partial charge on any atom is 0.350 e. The van der Waals surface area contributed by atoms with Gasteiger partial charge in [-0.25, -0.2) is 14.0 Å². The van der Waals surface area contributed by atoms with Crippen LogP contribution in [0.4, 0.5) is 0 Å². The average Bonchev–Trinajstić information content (AvgIpc) is 3.44. The van der Waals surface area contributed by atoms with Gasteiger partial charge in [0.1, 0.15) is 5.82 Å². The van der Waals surface area contributed by atoms with E-state index in [-0.39, 0.29) is 17.5 Å². The van der Waals surface area contributed by atoms with Crippen molar-refractivity contribution in [3.63, 3.8) is 0 Å². The molecule has 0 radical (unpaired) electrons. The van der Waals surface area contributed by atoms with Crippen LogP contribution < -0.4 is 5.69 Å². The molecule has 2 aromatic rings. The molecule has 6 heteroatoms. The minimum atomic E-state index is -0.117. The van der Waals surface area contributed by atoms with Crippen LogP contribution in [0.25, 0.3) is 5.69 Å². The van der Waals surface area contributed by atoms with Crippen molar-refractivity contribution in [2.45, 2.75) is 31.6 Å². The third kappa shape index (κ3) is 2.82. The van der Waals surface area contributed by atoms with Crippen molar-refractivity contribution >= 4 is 5.91 Å². The molecule has 3 aliphatic rings. The van der Waals surface area contributed by atoms with Gasteiger partial charge < -0.3 is 4.90 Å². The fraction of sp³-hybridized carbons (Fsp3) is 0.500. The lowest BCUT2D eigenvalue weighted by molar-refractivity contribution is -0.137. The molecule has 2 bridgehead atoms. The van der Waals surface area contributed by atoms with Crippen LogP contribution in [0.15, 0.2) is 47.3 Å². The molecule has 1 aliphatic heterocycles. The summed E-state index contributed by atoms with van der Waals surface area (Å²) in [5.41, 5.74) is 0.733. The highest BCUT2D eigenvalue weighted by atomic mass is 16.2. The van der Waals surface area contributed by atoms with Crippen molar-refractivity contribution in [1.29, 1.82) is 0 Å². The van der Waals surface area contributed by atoms with E-state index in [9.17, 15) is 9.59 Å². The van der Waals surface area contributed by atoms with Gasteiger partial charge in [-0.1, -0.05) is 30.4 Å². The molecule has 6 nitrogen and oxygen atoms in total. The Morgan fingerprint density at radius 2 is 1.82 bits per heavy atom. The van der Waals surface area contributed by atoms with Crippen LogP contribution in [-0.4, -0.2) is 38.2 Å². The van der Waals surface area contributed by atoms with Crippen LogP contribution in [0.3, 0.4) is 0 Å². The summed E-state index contributed by atoms with van der Waals surface area (Å²) in [7, 11) is 1.70. The van der Waals surface area contributed by atoms with Crippen LogP contribution in [0.2, 0.25) is 0 Å². The van der Waals surface area contributed by atoms with Crippen LogP contribution in [0, 0.1) is 17.8 Å². The molecule has 0 N–H and O–H groups in total. The molecular weight excluding hydrogens is 352 g/mol. The van der Waals surface area contributed by atoms with Crippen molar-refractivity contribution < 1.29 is 4.79 Å². The number of carbonyl (C=O) groups is 1. The molecule has 2 aliphatic carbocycles. The maximum atomic E-state index is 13.0. The quantitative estimate of drug-likeness (QED) is 0.771. The van der Waals surface area contributed by atoms with Gasteiger partial charge >= 0.3 is 5.69 Å². The zero-order valence-corrected chi connectivity index (χ0v) is 16.2. The Hall–Kier alpha value is -2.63. The van der Waals surface area contributed by atoms with E-state index in [1.165, 1.54) is 4.68 Å². The number of aromatic nitrogens is 3. The molecule has 2 heterocycles. The summed E-state index contributed by atoms with van der Waals surface area (Å²) in [5, 5.41) is 4.54. The molecule has 1 aromatic heterocycles. The number of allylic oxidation sites excluding steroid dienone is 2. The first kappa shape index (κ1) is 17.5. The van der Waals surface area contributed by atoms with Crippen LogP contribution in [-0.2, 0) is 11.8 Å². The predicted molar refractivity (Wildman–Crippen MR) is 106 cm³/mol. The Balaban J connectivity index is 1.33. The van der Waals surface area contributed by atoms with E-state index in [4.69, 9.17) is 0 Å². The number of likely N-dealkylation sites (tertiary alicyclic amines) is 1. The zero-order valence-electron chi connectivity index (χ0n) is 16.2. The number of benzene rings is 1. The number of rotatable bonds is 3. The molecule has 0 spiro atoms. The van der Waals surface area contributed by atoms with E-state index in [0.717, 1.165) is 50.3 Å². The fourth-order valence-electron chi connectivity index (χ4n) is 5.23. The van der Waals surface area contributed by atoms with Crippen LogP contribution in [0.1, 0.15) is 37.4 Å². The van der Waals surface area contributed by atoms with Gasteiger partial charge in [-0.15, -0.1) is 0 Å².